The van der Waals surface area contributed by atoms with Crippen LogP contribution in [0.25, 0.3) is 0 Å². The van der Waals surface area contributed by atoms with Gasteiger partial charge in [-0.1, -0.05) is 97.9 Å². The van der Waals surface area contributed by atoms with Gasteiger partial charge in [-0.05, 0) is 48.8 Å². The number of nitrogens with two attached hydrogens (primary N) is 1. The molecule has 5 rings (SSSR count). The Morgan fingerprint density at radius 3 is 2.00 bits per heavy atom. The molecule has 0 bridgehead atoms. The summed E-state index contributed by atoms with van der Waals surface area (Å²) in [5.74, 6) is -1.35. The molecule has 250 valence electrons. The third kappa shape index (κ3) is 8.90. The Labute approximate surface area is 282 Å². The first-order valence-corrected chi connectivity index (χ1v) is 16.2. The molecule has 2 saturated heterocycles. The number of nitrogens with one attached hydrogen (secondary N) is 4. The standard InChI is InChI=1S/C36H44N6O4.ClH/c1-2-29(37)33(43)41-32-27(23-39-36(46)38-22-24-12-6-3-7-13-24)18-19-28-20-21-30(42(28)35(32)45)34(44)40-31(25-14-8-4-9-15-25)26-16-10-5-11-17-26;/h3-17,27-32H,2,18-23,37H2,1H3,(H,40,44)(H,41,43)(H2,38,39,46);1H/p-1/t27-,28+,29+,30+,32+;/m1./s1. The highest BCUT2D eigenvalue weighted by molar-refractivity contribution is 5.94. The largest absolute Gasteiger partial charge is 1.00 e. The van der Waals surface area contributed by atoms with Crippen molar-refractivity contribution in [3.8, 4) is 0 Å². The fourth-order valence-electron chi connectivity index (χ4n) is 6.49. The zero-order valence-electron chi connectivity index (χ0n) is 26.6. The number of hydrogen-bond acceptors (Lipinski definition) is 5. The summed E-state index contributed by atoms with van der Waals surface area (Å²) in [6.45, 7) is 2.35. The molecule has 2 heterocycles. The number of benzene rings is 3. The molecule has 0 unspecified atom stereocenters. The summed E-state index contributed by atoms with van der Waals surface area (Å²) < 4.78 is 0. The van der Waals surface area contributed by atoms with Crippen LogP contribution in [0.2, 0.25) is 0 Å². The number of nitrogens with zero attached hydrogens (tertiary/aromatic N) is 1. The molecule has 0 spiro atoms. The Bertz CT molecular complexity index is 1440. The highest BCUT2D eigenvalue weighted by Crippen LogP contribution is 2.35. The van der Waals surface area contributed by atoms with E-state index in [0.29, 0.717) is 38.6 Å². The smallest absolute Gasteiger partial charge is 0.315 e. The number of rotatable bonds is 11. The summed E-state index contributed by atoms with van der Waals surface area (Å²) in [7, 11) is 0. The Morgan fingerprint density at radius 2 is 1.40 bits per heavy atom. The second-order valence-corrected chi connectivity index (χ2v) is 12.1. The summed E-state index contributed by atoms with van der Waals surface area (Å²) in [5, 5.41) is 11.9. The lowest BCUT2D eigenvalue weighted by molar-refractivity contribution is -0.143. The van der Waals surface area contributed by atoms with E-state index in [1.165, 1.54) is 0 Å². The van der Waals surface area contributed by atoms with Gasteiger partial charge in [-0.25, -0.2) is 4.79 Å². The van der Waals surface area contributed by atoms with Gasteiger partial charge < -0.3 is 44.3 Å². The average Bonchev–Trinajstić information content (AvgIpc) is 3.48. The van der Waals surface area contributed by atoms with E-state index in [2.05, 4.69) is 21.3 Å². The van der Waals surface area contributed by atoms with Crippen molar-refractivity contribution in [2.24, 2.45) is 11.7 Å². The predicted octanol–water partition coefficient (Wildman–Crippen LogP) is 0.387. The number of halogens is 1. The SMILES string of the molecule is CC[C@H](N)C(=O)N[C@@H]1C(=O)N2[C@@H](CC[C@@H]1CNC(=O)NCc1ccccc1)CC[C@H]2C(=O)NC(c1ccccc1)c1ccccc1.[Cl-]. The zero-order chi connectivity index (χ0) is 32.5. The number of fused-ring (bicyclic) bond motifs is 1. The van der Waals surface area contributed by atoms with Gasteiger partial charge in [0.05, 0.1) is 12.1 Å². The highest BCUT2D eigenvalue weighted by Gasteiger charge is 2.48. The maximum Gasteiger partial charge on any atom is 0.315 e. The summed E-state index contributed by atoms with van der Waals surface area (Å²) in [5.41, 5.74) is 8.89. The van der Waals surface area contributed by atoms with E-state index in [9.17, 15) is 19.2 Å². The van der Waals surface area contributed by atoms with Crippen LogP contribution in [-0.4, -0.2) is 59.4 Å². The molecule has 6 N–H and O–H groups in total. The van der Waals surface area contributed by atoms with Crippen molar-refractivity contribution in [2.75, 3.05) is 6.54 Å². The number of carbonyl (C=O) groups is 4. The molecule has 3 aromatic carbocycles. The van der Waals surface area contributed by atoms with Gasteiger partial charge in [0.15, 0.2) is 0 Å². The van der Waals surface area contributed by atoms with Crippen LogP contribution in [-0.2, 0) is 20.9 Å². The molecule has 0 saturated carbocycles. The maximum atomic E-state index is 14.3. The van der Waals surface area contributed by atoms with Crippen molar-refractivity contribution in [2.45, 2.75) is 75.8 Å². The fourth-order valence-corrected chi connectivity index (χ4v) is 6.49. The average molecular weight is 660 g/mol. The van der Waals surface area contributed by atoms with E-state index in [0.717, 1.165) is 16.7 Å². The van der Waals surface area contributed by atoms with E-state index in [1.807, 2.05) is 97.9 Å². The minimum Gasteiger partial charge on any atom is -1.00 e. The first kappa shape index (κ1) is 35.4. The van der Waals surface area contributed by atoms with Crippen LogP contribution in [0, 0.1) is 5.92 Å². The van der Waals surface area contributed by atoms with Gasteiger partial charge in [-0.3, -0.25) is 14.4 Å². The van der Waals surface area contributed by atoms with Crippen molar-refractivity contribution in [3.05, 3.63) is 108 Å². The summed E-state index contributed by atoms with van der Waals surface area (Å²) >= 11 is 0. The van der Waals surface area contributed by atoms with Gasteiger partial charge in [0.2, 0.25) is 17.7 Å². The number of carbonyl (C=O) groups excluding carboxylic acids is 4. The molecular weight excluding hydrogens is 616 g/mol. The third-order valence-corrected chi connectivity index (χ3v) is 9.12. The van der Waals surface area contributed by atoms with Crippen molar-refractivity contribution in [1.82, 2.24) is 26.2 Å². The number of amides is 5. The third-order valence-electron chi connectivity index (χ3n) is 9.12. The summed E-state index contributed by atoms with van der Waals surface area (Å²) in [6.07, 6.45) is 2.86. The topological polar surface area (TPSA) is 146 Å². The van der Waals surface area contributed by atoms with Gasteiger partial charge in [-0.15, -0.1) is 0 Å². The van der Waals surface area contributed by atoms with Gasteiger partial charge in [0.25, 0.3) is 0 Å². The minimum absolute atomic E-state index is 0. The molecule has 3 aromatic rings. The predicted molar refractivity (Wildman–Crippen MR) is 176 cm³/mol. The quantitative estimate of drug-likeness (QED) is 0.202. The minimum atomic E-state index is -0.933. The van der Waals surface area contributed by atoms with Crippen LogP contribution >= 0.6 is 0 Å². The lowest BCUT2D eigenvalue weighted by Gasteiger charge is -2.33. The van der Waals surface area contributed by atoms with Crippen LogP contribution in [0.5, 0.6) is 0 Å². The molecule has 0 radical (unpaired) electrons. The highest BCUT2D eigenvalue weighted by atomic mass is 35.5. The van der Waals surface area contributed by atoms with Gasteiger partial charge in [0, 0.05) is 25.0 Å². The normalized spacial score (nSPS) is 21.1. The van der Waals surface area contributed by atoms with E-state index < -0.39 is 24.0 Å². The van der Waals surface area contributed by atoms with Crippen molar-refractivity contribution >= 4 is 23.8 Å². The van der Waals surface area contributed by atoms with Crippen LogP contribution in [0.1, 0.15) is 61.8 Å². The van der Waals surface area contributed by atoms with Crippen LogP contribution in [0.4, 0.5) is 4.79 Å². The molecule has 47 heavy (non-hydrogen) atoms. The molecule has 5 amide bonds. The van der Waals surface area contributed by atoms with Crippen LogP contribution in [0.15, 0.2) is 91.0 Å². The van der Waals surface area contributed by atoms with Crippen LogP contribution < -0.4 is 39.4 Å². The monoisotopic (exact) mass is 659 g/mol. The molecule has 0 aliphatic carbocycles. The zero-order valence-corrected chi connectivity index (χ0v) is 27.4. The fraction of sp³-hybridized carbons (Fsp3) is 0.389. The Kier molecular flexibility index (Phi) is 12.8. The molecule has 2 fully saturated rings. The van der Waals surface area contributed by atoms with Crippen molar-refractivity contribution in [3.63, 3.8) is 0 Å². The maximum absolute atomic E-state index is 14.3. The van der Waals surface area contributed by atoms with Crippen molar-refractivity contribution < 1.29 is 31.6 Å². The second-order valence-electron chi connectivity index (χ2n) is 12.1. The van der Waals surface area contributed by atoms with E-state index in [-0.39, 0.29) is 54.8 Å². The lowest BCUT2D eigenvalue weighted by atomic mass is 9.92. The molecule has 2 aliphatic rings. The Hall–Kier alpha value is -4.41. The summed E-state index contributed by atoms with van der Waals surface area (Å²) in [4.78, 5) is 55.8. The summed E-state index contributed by atoms with van der Waals surface area (Å²) in [6, 6.07) is 25.8. The molecule has 2 aliphatic heterocycles. The van der Waals surface area contributed by atoms with E-state index in [4.69, 9.17) is 5.73 Å². The second kappa shape index (κ2) is 16.9. The molecule has 0 aromatic heterocycles. The first-order valence-electron chi connectivity index (χ1n) is 16.2. The first-order chi connectivity index (χ1) is 22.4. The number of urea groups is 1. The van der Waals surface area contributed by atoms with E-state index in [1.54, 1.807) is 4.90 Å². The molecule has 10 nitrogen and oxygen atoms in total. The number of hydrogen-bond donors (Lipinski definition) is 5. The molecular formula is C36H44ClN6O4-. The van der Waals surface area contributed by atoms with Gasteiger partial charge in [-0.2, -0.15) is 0 Å². The molecule has 5 atom stereocenters. The van der Waals surface area contributed by atoms with Crippen molar-refractivity contribution in [1.29, 1.82) is 0 Å². The Balaban J connectivity index is 0.00000500. The molecule has 11 heteroatoms. The van der Waals surface area contributed by atoms with E-state index >= 15 is 0 Å². The Morgan fingerprint density at radius 1 is 0.830 bits per heavy atom. The van der Waals surface area contributed by atoms with Gasteiger partial charge in [0.1, 0.15) is 12.1 Å². The lowest BCUT2D eigenvalue weighted by Crippen LogP contribution is -3.00. The van der Waals surface area contributed by atoms with Crippen LogP contribution in [0.3, 0.4) is 0 Å². The van der Waals surface area contributed by atoms with Gasteiger partial charge >= 0.3 is 6.03 Å².